The largest absolute Gasteiger partial charge is 0.478 e. The summed E-state index contributed by atoms with van der Waals surface area (Å²) < 4.78 is 0. The van der Waals surface area contributed by atoms with E-state index in [-0.39, 0.29) is 5.56 Å². The zero-order chi connectivity index (χ0) is 7.56. The number of rotatable bonds is 1. The second-order valence-electron chi connectivity index (χ2n) is 1.65. The number of thiophene rings is 1. The lowest BCUT2D eigenvalue weighted by Crippen LogP contribution is -1.91. The number of carboxylic acid groups (broad SMARTS) is 1. The SMILES string of the molecule is C#Cc1cc(C(=O)O)cs1. The molecule has 0 saturated carbocycles. The van der Waals surface area contributed by atoms with E-state index in [0.717, 1.165) is 0 Å². The maximum absolute atomic E-state index is 10.3. The highest BCUT2D eigenvalue weighted by Gasteiger charge is 2.03. The Morgan fingerprint density at radius 1 is 1.80 bits per heavy atom. The van der Waals surface area contributed by atoms with Crippen molar-refractivity contribution in [1.29, 1.82) is 0 Å². The van der Waals surface area contributed by atoms with E-state index < -0.39 is 5.97 Å². The van der Waals surface area contributed by atoms with E-state index in [1.54, 1.807) is 0 Å². The van der Waals surface area contributed by atoms with Crippen LogP contribution in [0.4, 0.5) is 0 Å². The third-order valence-electron chi connectivity index (χ3n) is 0.989. The number of hydrogen-bond donors (Lipinski definition) is 1. The van der Waals surface area contributed by atoms with Crippen molar-refractivity contribution in [3.05, 3.63) is 21.9 Å². The second kappa shape index (κ2) is 2.54. The molecule has 0 bridgehead atoms. The molecule has 10 heavy (non-hydrogen) atoms. The van der Waals surface area contributed by atoms with Crippen LogP contribution < -0.4 is 0 Å². The molecule has 0 amide bonds. The molecular weight excluding hydrogens is 148 g/mol. The van der Waals surface area contributed by atoms with Gasteiger partial charge >= 0.3 is 5.97 Å². The van der Waals surface area contributed by atoms with Crippen molar-refractivity contribution < 1.29 is 9.90 Å². The zero-order valence-electron chi connectivity index (χ0n) is 5.00. The lowest BCUT2D eigenvalue weighted by Gasteiger charge is -1.79. The zero-order valence-corrected chi connectivity index (χ0v) is 5.81. The molecule has 0 atom stereocenters. The maximum Gasteiger partial charge on any atom is 0.336 e. The summed E-state index contributed by atoms with van der Waals surface area (Å²) in [6, 6.07) is 1.48. The van der Waals surface area contributed by atoms with E-state index in [4.69, 9.17) is 11.5 Å². The Labute approximate surface area is 62.1 Å². The minimum absolute atomic E-state index is 0.262. The number of carboxylic acids is 1. The lowest BCUT2D eigenvalue weighted by molar-refractivity contribution is 0.0697. The number of aromatic carboxylic acids is 1. The smallest absolute Gasteiger partial charge is 0.336 e. The van der Waals surface area contributed by atoms with Crippen molar-refractivity contribution in [2.24, 2.45) is 0 Å². The molecule has 0 aliphatic heterocycles. The number of hydrogen-bond acceptors (Lipinski definition) is 2. The number of terminal acetylenes is 1. The fraction of sp³-hybridized carbons (Fsp3) is 0. The van der Waals surface area contributed by atoms with Gasteiger partial charge in [0.25, 0.3) is 0 Å². The van der Waals surface area contributed by atoms with Crippen LogP contribution in [0.15, 0.2) is 11.4 Å². The van der Waals surface area contributed by atoms with Crippen LogP contribution in [0, 0.1) is 12.3 Å². The Kier molecular flexibility index (Phi) is 1.74. The summed E-state index contributed by atoms with van der Waals surface area (Å²) in [5, 5.41) is 9.96. The Morgan fingerprint density at radius 3 is 2.80 bits per heavy atom. The van der Waals surface area contributed by atoms with Crippen molar-refractivity contribution in [1.82, 2.24) is 0 Å². The second-order valence-corrected chi connectivity index (χ2v) is 2.56. The Bertz CT molecular complexity index is 293. The van der Waals surface area contributed by atoms with Gasteiger partial charge in [0.15, 0.2) is 0 Å². The Hall–Kier alpha value is -1.27. The summed E-state index contributed by atoms with van der Waals surface area (Å²) in [6.45, 7) is 0. The molecule has 0 aromatic carbocycles. The van der Waals surface area contributed by atoms with Gasteiger partial charge in [-0.25, -0.2) is 4.79 Å². The third-order valence-corrected chi connectivity index (χ3v) is 1.85. The van der Waals surface area contributed by atoms with Gasteiger partial charge in [-0.1, -0.05) is 5.92 Å². The van der Waals surface area contributed by atoms with Gasteiger partial charge in [-0.15, -0.1) is 17.8 Å². The highest BCUT2D eigenvalue weighted by molar-refractivity contribution is 7.10. The standard InChI is InChI=1S/C7H4O2S/c1-2-6-3-5(4-10-6)7(8)9/h1,3-4H,(H,8,9). The van der Waals surface area contributed by atoms with E-state index in [1.165, 1.54) is 22.8 Å². The van der Waals surface area contributed by atoms with Gasteiger partial charge in [0.1, 0.15) is 0 Å². The van der Waals surface area contributed by atoms with Crippen LogP contribution in [0.1, 0.15) is 15.2 Å². The summed E-state index contributed by atoms with van der Waals surface area (Å²) in [7, 11) is 0. The molecule has 0 aliphatic carbocycles. The quantitative estimate of drug-likeness (QED) is 0.618. The lowest BCUT2D eigenvalue weighted by atomic mass is 10.3. The summed E-state index contributed by atoms with van der Waals surface area (Å²) in [6.07, 6.45) is 5.03. The Morgan fingerprint density at radius 2 is 2.50 bits per heavy atom. The van der Waals surface area contributed by atoms with Crippen molar-refractivity contribution in [3.8, 4) is 12.3 Å². The van der Waals surface area contributed by atoms with Gasteiger partial charge < -0.3 is 5.11 Å². The van der Waals surface area contributed by atoms with Crippen LogP contribution in [-0.2, 0) is 0 Å². The van der Waals surface area contributed by atoms with Gasteiger partial charge in [0.05, 0.1) is 10.4 Å². The molecule has 2 nitrogen and oxygen atoms in total. The molecule has 1 N–H and O–H groups in total. The van der Waals surface area contributed by atoms with Crippen molar-refractivity contribution >= 4 is 17.3 Å². The first-order valence-corrected chi connectivity index (χ1v) is 3.40. The van der Waals surface area contributed by atoms with Crippen LogP contribution in [0.5, 0.6) is 0 Å². The van der Waals surface area contributed by atoms with E-state index in [2.05, 4.69) is 5.92 Å². The van der Waals surface area contributed by atoms with Crippen LogP contribution in [0.2, 0.25) is 0 Å². The van der Waals surface area contributed by atoms with Gasteiger partial charge in [0.2, 0.25) is 0 Å². The molecule has 0 radical (unpaired) electrons. The molecule has 1 heterocycles. The normalized spacial score (nSPS) is 8.70. The van der Waals surface area contributed by atoms with Crippen LogP contribution in [0.25, 0.3) is 0 Å². The molecule has 50 valence electrons. The van der Waals surface area contributed by atoms with E-state index >= 15 is 0 Å². The maximum atomic E-state index is 10.3. The predicted molar refractivity (Wildman–Crippen MR) is 39.2 cm³/mol. The average Bonchev–Trinajstić information content (AvgIpc) is 2.34. The molecule has 1 aromatic rings. The summed E-state index contributed by atoms with van der Waals surface area (Å²) in [4.78, 5) is 10.9. The topological polar surface area (TPSA) is 37.3 Å². The molecule has 3 heteroatoms. The molecule has 0 fully saturated rings. The minimum Gasteiger partial charge on any atom is -0.478 e. The fourth-order valence-electron chi connectivity index (χ4n) is 0.524. The van der Waals surface area contributed by atoms with Gasteiger partial charge in [-0.05, 0) is 6.07 Å². The number of carbonyl (C=O) groups is 1. The van der Waals surface area contributed by atoms with E-state index in [0.29, 0.717) is 4.88 Å². The van der Waals surface area contributed by atoms with Crippen LogP contribution >= 0.6 is 11.3 Å². The monoisotopic (exact) mass is 152 g/mol. The fourth-order valence-corrected chi connectivity index (χ4v) is 1.21. The highest BCUT2D eigenvalue weighted by Crippen LogP contribution is 2.12. The van der Waals surface area contributed by atoms with Gasteiger partial charge in [-0.3, -0.25) is 0 Å². The third kappa shape index (κ3) is 1.17. The molecule has 0 aliphatic rings. The molecular formula is C7H4O2S. The molecule has 1 aromatic heterocycles. The van der Waals surface area contributed by atoms with Gasteiger partial charge in [-0.2, -0.15) is 0 Å². The summed E-state index contributed by atoms with van der Waals surface area (Å²) in [5.74, 6) is 1.42. The van der Waals surface area contributed by atoms with Crippen molar-refractivity contribution in [2.75, 3.05) is 0 Å². The van der Waals surface area contributed by atoms with Gasteiger partial charge in [0, 0.05) is 5.38 Å². The van der Waals surface area contributed by atoms with Crippen LogP contribution in [0.3, 0.4) is 0 Å². The van der Waals surface area contributed by atoms with E-state index in [1.807, 2.05) is 0 Å². The Balaban J connectivity index is 3.02. The minimum atomic E-state index is -0.933. The van der Waals surface area contributed by atoms with Crippen molar-refractivity contribution in [2.45, 2.75) is 0 Å². The molecule has 0 spiro atoms. The predicted octanol–water partition coefficient (Wildman–Crippen LogP) is 1.43. The molecule has 0 unspecified atom stereocenters. The van der Waals surface area contributed by atoms with Crippen molar-refractivity contribution in [3.63, 3.8) is 0 Å². The average molecular weight is 152 g/mol. The first kappa shape index (κ1) is 6.84. The first-order chi connectivity index (χ1) is 4.74. The van der Waals surface area contributed by atoms with E-state index in [9.17, 15) is 4.79 Å². The summed E-state index contributed by atoms with van der Waals surface area (Å²) in [5.41, 5.74) is 0.262. The molecule has 1 rings (SSSR count). The molecule has 0 saturated heterocycles. The summed E-state index contributed by atoms with van der Waals surface area (Å²) >= 11 is 1.26. The highest BCUT2D eigenvalue weighted by atomic mass is 32.1. The van der Waals surface area contributed by atoms with Crippen LogP contribution in [-0.4, -0.2) is 11.1 Å². The first-order valence-electron chi connectivity index (χ1n) is 2.52.